The normalized spacial score (nSPS) is 22.8. The number of imidazole rings is 2. The van der Waals surface area contributed by atoms with Gasteiger partial charge in [0, 0.05) is 5.70 Å². The second-order valence-corrected chi connectivity index (χ2v) is 6.63. The van der Waals surface area contributed by atoms with Gasteiger partial charge >= 0.3 is 0 Å². The predicted octanol–water partition coefficient (Wildman–Crippen LogP) is 2.79. The fourth-order valence-electron chi connectivity index (χ4n) is 3.65. The summed E-state index contributed by atoms with van der Waals surface area (Å²) in [5, 5.41) is 0. The maximum atomic E-state index is 6.87. The highest BCUT2D eigenvalue weighted by atomic mass is 15.0. The van der Waals surface area contributed by atoms with Crippen LogP contribution in [0.15, 0.2) is 72.5 Å². The van der Waals surface area contributed by atoms with Crippen molar-refractivity contribution in [2.75, 3.05) is 0 Å². The third-order valence-electron chi connectivity index (χ3n) is 4.95. The largest absolute Gasteiger partial charge is 0.401 e. The average molecular weight is 342 g/mol. The Morgan fingerprint density at radius 1 is 0.885 bits per heavy atom. The van der Waals surface area contributed by atoms with Gasteiger partial charge in [0.2, 0.25) is 0 Å². The van der Waals surface area contributed by atoms with E-state index in [1.165, 1.54) is 0 Å². The lowest BCUT2D eigenvalue weighted by Crippen LogP contribution is -2.45. The Bertz CT molecular complexity index is 1120. The van der Waals surface area contributed by atoms with Gasteiger partial charge in [-0.15, -0.1) is 0 Å². The lowest BCUT2D eigenvalue weighted by molar-refractivity contribution is 0.439. The zero-order valence-corrected chi connectivity index (χ0v) is 14.0. The first-order valence-corrected chi connectivity index (χ1v) is 8.49. The third kappa shape index (κ3) is 2.09. The summed E-state index contributed by atoms with van der Waals surface area (Å²) in [5.74, 6) is 1.05. The molecule has 1 aliphatic carbocycles. The van der Waals surface area contributed by atoms with Crippen molar-refractivity contribution in [1.29, 1.82) is 0 Å². The first-order valence-electron chi connectivity index (χ1n) is 8.49. The smallest absolute Gasteiger partial charge is 0.132 e. The minimum atomic E-state index is -0.925. The van der Waals surface area contributed by atoms with Gasteiger partial charge in [-0.05, 0) is 30.3 Å². The second-order valence-electron chi connectivity index (χ2n) is 6.63. The first kappa shape index (κ1) is 14.9. The van der Waals surface area contributed by atoms with Crippen LogP contribution in [0, 0.1) is 0 Å². The zero-order valence-electron chi connectivity index (χ0n) is 14.0. The molecule has 2 heterocycles. The van der Waals surface area contributed by atoms with Crippen molar-refractivity contribution < 1.29 is 0 Å². The molecule has 2 aromatic carbocycles. The number of rotatable bonds is 2. The van der Waals surface area contributed by atoms with Crippen LogP contribution in [0.1, 0.15) is 17.6 Å². The number of aromatic amines is 2. The highest BCUT2D eigenvalue weighted by Gasteiger charge is 2.43. The molecule has 1 aliphatic rings. The van der Waals surface area contributed by atoms with E-state index < -0.39 is 5.54 Å². The van der Waals surface area contributed by atoms with Crippen LogP contribution in [-0.2, 0) is 5.54 Å². The van der Waals surface area contributed by atoms with Gasteiger partial charge < -0.3 is 21.4 Å². The molecule has 6 nitrogen and oxygen atoms in total. The number of benzene rings is 2. The summed E-state index contributed by atoms with van der Waals surface area (Å²) in [6.45, 7) is 0. The number of fused-ring (bicyclic) bond motifs is 2. The van der Waals surface area contributed by atoms with Gasteiger partial charge in [0.1, 0.15) is 17.2 Å². The van der Waals surface area contributed by atoms with Crippen LogP contribution >= 0.6 is 0 Å². The highest BCUT2D eigenvalue weighted by molar-refractivity contribution is 5.76. The number of H-pyrrole nitrogens is 2. The van der Waals surface area contributed by atoms with E-state index in [2.05, 4.69) is 9.97 Å². The van der Waals surface area contributed by atoms with Crippen molar-refractivity contribution in [2.24, 2.45) is 11.5 Å². The highest BCUT2D eigenvalue weighted by Crippen LogP contribution is 2.40. The van der Waals surface area contributed by atoms with Gasteiger partial charge in [0.25, 0.3) is 0 Å². The van der Waals surface area contributed by atoms with Gasteiger partial charge in [-0.1, -0.05) is 36.4 Å². The molecule has 5 rings (SSSR count). The van der Waals surface area contributed by atoms with E-state index in [4.69, 9.17) is 21.4 Å². The Morgan fingerprint density at radius 3 is 2.23 bits per heavy atom. The van der Waals surface area contributed by atoms with Crippen molar-refractivity contribution in [1.82, 2.24) is 19.9 Å². The monoisotopic (exact) mass is 342 g/mol. The van der Waals surface area contributed by atoms with E-state index in [-0.39, 0.29) is 5.92 Å². The summed E-state index contributed by atoms with van der Waals surface area (Å²) in [4.78, 5) is 16.2. The zero-order chi connectivity index (χ0) is 17.7. The molecule has 128 valence electrons. The number of hydrogen-bond acceptors (Lipinski definition) is 4. The number of nitrogens with one attached hydrogen (secondary N) is 2. The molecular weight excluding hydrogens is 324 g/mol. The molecule has 0 radical (unpaired) electrons. The molecule has 6 N–H and O–H groups in total. The van der Waals surface area contributed by atoms with Crippen LogP contribution in [0.3, 0.4) is 0 Å². The summed E-state index contributed by atoms with van der Waals surface area (Å²) >= 11 is 0. The Balaban J connectivity index is 1.70. The van der Waals surface area contributed by atoms with Crippen molar-refractivity contribution in [3.05, 3.63) is 84.1 Å². The van der Waals surface area contributed by atoms with Crippen LogP contribution in [0.25, 0.3) is 22.1 Å². The topological polar surface area (TPSA) is 109 Å². The number of allylic oxidation sites excluding steroid dienone is 2. The van der Waals surface area contributed by atoms with Crippen LogP contribution in [-0.4, -0.2) is 19.9 Å². The second kappa shape index (κ2) is 5.31. The molecule has 2 atom stereocenters. The molecule has 0 spiro atoms. The SMILES string of the molecule is NC1=CC=CC(N)(c2nc3ccccc3[nH]2)C1c1nc2ccccc2[nH]1. The van der Waals surface area contributed by atoms with Crippen molar-refractivity contribution >= 4 is 22.1 Å². The van der Waals surface area contributed by atoms with Crippen LogP contribution in [0.5, 0.6) is 0 Å². The number of hydrogen-bond donors (Lipinski definition) is 4. The fraction of sp³-hybridized carbons (Fsp3) is 0.100. The molecule has 6 heteroatoms. The molecule has 2 aromatic heterocycles. The summed E-state index contributed by atoms with van der Waals surface area (Å²) in [7, 11) is 0. The van der Waals surface area contributed by atoms with Crippen LogP contribution in [0.4, 0.5) is 0 Å². The molecule has 26 heavy (non-hydrogen) atoms. The van der Waals surface area contributed by atoms with Crippen LogP contribution in [0.2, 0.25) is 0 Å². The van der Waals surface area contributed by atoms with E-state index in [0.717, 1.165) is 27.9 Å². The molecule has 4 aromatic rings. The molecule has 0 bridgehead atoms. The minimum absolute atomic E-state index is 0.347. The van der Waals surface area contributed by atoms with Gasteiger partial charge in [-0.2, -0.15) is 0 Å². The Kier molecular flexibility index (Phi) is 3.05. The molecule has 0 amide bonds. The first-order chi connectivity index (χ1) is 12.6. The molecule has 0 saturated heterocycles. The predicted molar refractivity (Wildman–Crippen MR) is 102 cm³/mol. The summed E-state index contributed by atoms with van der Waals surface area (Å²) < 4.78 is 0. The lowest BCUT2D eigenvalue weighted by Gasteiger charge is -2.34. The summed E-state index contributed by atoms with van der Waals surface area (Å²) in [6.07, 6.45) is 5.67. The lowest BCUT2D eigenvalue weighted by atomic mass is 9.78. The number of nitrogens with two attached hydrogens (primary N) is 2. The summed E-state index contributed by atoms with van der Waals surface area (Å²) in [6, 6.07) is 15.8. The number of aromatic nitrogens is 4. The Hall–Kier alpha value is -3.38. The molecule has 2 unspecified atom stereocenters. The van der Waals surface area contributed by atoms with Gasteiger partial charge in [0.15, 0.2) is 0 Å². The Labute approximate surface area is 149 Å². The maximum absolute atomic E-state index is 6.87. The standard InChI is InChI=1S/C20H18N6/c21-12-6-5-11-20(22,19-25-15-9-3-4-10-16(15)26-19)17(12)18-23-13-7-1-2-8-14(13)24-18/h1-11,17H,21-22H2,(H,23,24)(H,25,26). The average Bonchev–Trinajstić information content (AvgIpc) is 3.25. The molecule has 0 saturated carbocycles. The fourth-order valence-corrected chi connectivity index (χ4v) is 3.65. The molecule has 0 aliphatic heterocycles. The maximum Gasteiger partial charge on any atom is 0.132 e. The minimum Gasteiger partial charge on any atom is -0.401 e. The molecule has 0 fully saturated rings. The van der Waals surface area contributed by atoms with Crippen molar-refractivity contribution in [2.45, 2.75) is 11.5 Å². The number of para-hydroxylation sites is 4. The summed E-state index contributed by atoms with van der Waals surface area (Å²) in [5.41, 5.74) is 16.6. The third-order valence-corrected chi connectivity index (χ3v) is 4.95. The van der Waals surface area contributed by atoms with E-state index in [9.17, 15) is 0 Å². The van der Waals surface area contributed by atoms with Gasteiger partial charge in [-0.25, -0.2) is 9.97 Å². The number of nitrogens with zero attached hydrogens (tertiary/aromatic N) is 2. The van der Waals surface area contributed by atoms with E-state index >= 15 is 0 Å². The van der Waals surface area contributed by atoms with E-state index in [1.807, 2.05) is 66.8 Å². The molecular formula is C20H18N6. The van der Waals surface area contributed by atoms with Gasteiger partial charge in [0.05, 0.1) is 28.0 Å². The van der Waals surface area contributed by atoms with E-state index in [0.29, 0.717) is 11.5 Å². The Morgan fingerprint density at radius 2 is 1.54 bits per heavy atom. The quantitative estimate of drug-likeness (QED) is 0.449. The van der Waals surface area contributed by atoms with E-state index in [1.54, 1.807) is 0 Å². The van der Waals surface area contributed by atoms with Crippen molar-refractivity contribution in [3.8, 4) is 0 Å². The van der Waals surface area contributed by atoms with Gasteiger partial charge in [-0.3, -0.25) is 0 Å². The van der Waals surface area contributed by atoms with Crippen molar-refractivity contribution in [3.63, 3.8) is 0 Å². The van der Waals surface area contributed by atoms with Crippen LogP contribution < -0.4 is 11.5 Å².